The van der Waals surface area contributed by atoms with E-state index in [1.807, 2.05) is 45.9 Å². The van der Waals surface area contributed by atoms with Crippen LogP contribution in [0.15, 0.2) is 59.5 Å². The zero-order valence-corrected chi connectivity index (χ0v) is 21.8. The number of hydrogen-bond donors (Lipinski definition) is 2. The molecule has 2 aromatic carbocycles. The standard InChI is InChI=1S/C26H31FN4O2.C2H6/c1-6-16(3)24(30-17(4)7-2)22(14-32)31-26-21-12-19(18-8-10-20(27)11-9-18)13-23(33-5)25(21)28-15-29-26;1-2/h7-13,15-16,22,32H,6,14H2,1-5H3,(H,28,29,31);1-2H3/b17-7-,30-24?;. The Morgan fingerprint density at radius 3 is 2.43 bits per heavy atom. The summed E-state index contributed by atoms with van der Waals surface area (Å²) in [7, 11) is 1.59. The minimum absolute atomic E-state index is 0.138. The number of ether oxygens (including phenoxy) is 1. The highest BCUT2D eigenvalue weighted by Crippen LogP contribution is 2.34. The minimum atomic E-state index is -0.423. The number of aromatic nitrogens is 2. The monoisotopic (exact) mass is 480 g/mol. The van der Waals surface area contributed by atoms with Crippen molar-refractivity contribution in [3.8, 4) is 16.9 Å². The third-order valence-corrected chi connectivity index (χ3v) is 5.79. The number of aliphatic hydroxyl groups excluding tert-OH is 1. The number of methoxy groups -OCH3 is 1. The molecule has 0 saturated heterocycles. The Labute approximate surface area is 208 Å². The minimum Gasteiger partial charge on any atom is -0.494 e. The Kier molecular flexibility index (Phi) is 10.8. The first-order valence-corrected chi connectivity index (χ1v) is 12.1. The first-order chi connectivity index (χ1) is 16.9. The maximum atomic E-state index is 13.4. The average molecular weight is 481 g/mol. The van der Waals surface area contributed by atoms with Gasteiger partial charge in [0, 0.05) is 16.8 Å². The van der Waals surface area contributed by atoms with Gasteiger partial charge in [0.15, 0.2) is 0 Å². The largest absolute Gasteiger partial charge is 0.494 e. The van der Waals surface area contributed by atoms with E-state index in [0.29, 0.717) is 17.1 Å². The Bertz CT molecular complexity index is 1160. The summed E-state index contributed by atoms with van der Waals surface area (Å²) in [6, 6.07) is 9.68. The van der Waals surface area contributed by atoms with Gasteiger partial charge >= 0.3 is 0 Å². The molecular weight excluding hydrogens is 443 g/mol. The van der Waals surface area contributed by atoms with Gasteiger partial charge in [0.05, 0.1) is 19.8 Å². The summed E-state index contributed by atoms with van der Waals surface area (Å²) in [5, 5.41) is 14.4. The fourth-order valence-corrected chi connectivity index (χ4v) is 3.60. The van der Waals surface area contributed by atoms with Gasteiger partial charge in [-0.25, -0.2) is 14.4 Å². The predicted molar refractivity (Wildman–Crippen MR) is 144 cm³/mol. The molecule has 2 unspecified atom stereocenters. The zero-order chi connectivity index (χ0) is 26.0. The Hall–Kier alpha value is -3.32. The van der Waals surface area contributed by atoms with Crippen LogP contribution in [0.4, 0.5) is 10.2 Å². The van der Waals surface area contributed by atoms with Gasteiger partial charge in [-0.15, -0.1) is 0 Å². The Morgan fingerprint density at radius 1 is 1.17 bits per heavy atom. The van der Waals surface area contributed by atoms with Crippen LogP contribution < -0.4 is 10.1 Å². The highest BCUT2D eigenvalue weighted by molar-refractivity contribution is 5.99. The number of fused-ring (bicyclic) bond motifs is 1. The van der Waals surface area contributed by atoms with Crippen LogP contribution in [-0.4, -0.2) is 40.5 Å². The summed E-state index contributed by atoms with van der Waals surface area (Å²) >= 11 is 0. The molecule has 1 aromatic heterocycles. The smallest absolute Gasteiger partial charge is 0.145 e. The fraction of sp³-hybridized carbons (Fsp3) is 0.393. The van der Waals surface area contributed by atoms with Gasteiger partial charge in [0.25, 0.3) is 0 Å². The SMILES string of the molecule is C/C=C(/C)N=C(C(C)CC)C(CO)Nc1ncnc2c(OC)cc(-c3ccc(F)cc3)cc12.CC. The molecule has 3 rings (SSSR count). The number of aliphatic imine (C=N–C) groups is 1. The fourth-order valence-electron chi connectivity index (χ4n) is 3.60. The third-order valence-electron chi connectivity index (χ3n) is 5.79. The molecule has 0 radical (unpaired) electrons. The molecule has 1 heterocycles. The molecule has 6 nitrogen and oxygen atoms in total. The number of allylic oxidation sites excluding steroid dienone is 2. The number of hydrogen-bond acceptors (Lipinski definition) is 6. The molecular formula is C28H37FN4O2. The van der Waals surface area contributed by atoms with Crippen molar-refractivity contribution in [1.29, 1.82) is 0 Å². The summed E-state index contributed by atoms with van der Waals surface area (Å²) < 4.78 is 19.0. The van der Waals surface area contributed by atoms with Gasteiger partial charge in [-0.2, -0.15) is 0 Å². The lowest BCUT2D eigenvalue weighted by Crippen LogP contribution is -2.37. The molecule has 0 bridgehead atoms. The van der Waals surface area contributed by atoms with Crippen molar-refractivity contribution in [2.45, 2.75) is 54.0 Å². The summed E-state index contributed by atoms with van der Waals surface area (Å²) in [5.41, 5.74) is 4.08. The first-order valence-electron chi connectivity index (χ1n) is 12.1. The molecule has 2 atom stereocenters. The molecule has 0 aliphatic rings. The van der Waals surface area contributed by atoms with E-state index in [1.165, 1.54) is 18.5 Å². The number of aliphatic hydroxyl groups is 1. The summed E-state index contributed by atoms with van der Waals surface area (Å²) in [6.45, 7) is 11.9. The van der Waals surface area contributed by atoms with Gasteiger partial charge in [0.2, 0.25) is 0 Å². The van der Waals surface area contributed by atoms with E-state index in [1.54, 1.807) is 19.2 Å². The second-order valence-electron chi connectivity index (χ2n) is 7.96. The van der Waals surface area contributed by atoms with Crippen molar-refractivity contribution >= 4 is 22.4 Å². The first kappa shape index (κ1) is 27.9. The van der Waals surface area contributed by atoms with Crippen LogP contribution in [0.5, 0.6) is 5.75 Å². The van der Waals surface area contributed by atoms with Gasteiger partial charge in [-0.3, -0.25) is 4.99 Å². The number of nitrogens with zero attached hydrogens (tertiary/aromatic N) is 3. The van der Waals surface area contributed by atoms with Crippen molar-refractivity contribution in [3.63, 3.8) is 0 Å². The highest BCUT2D eigenvalue weighted by Gasteiger charge is 2.22. The maximum Gasteiger partial charge on any atom is 0.145 e. The van der Waals surface area contributed by atoms with Gasteiger partial charge in [0.1, 0.15) is 29.2 Å². The van der Waals surface area contributed by atoms with E-state index >= 15 is 0 Å². The number of anilines is 1. The molecule has 0 aliphatic carbocycles. The molecule has 2 N–H and O–H groups in total. The van der Waals surface area contributed by atoms with Gasteiger partial charge in [-0.1, -0.05) is 45.9 Å². The molecule has 188 valence electrons. The predicted octanol–water partition coefficient (Wildman–Crippen LogP) is 6.65. The van der Waals surface area contributed by atoms with E-state index in [9.17, 15) is 9.50 Å². The van der Waals surface area contributed by atoms with Crippen LogP contribution in [0.1, 0.15) is 48.0 Å². The van der Waals surface area contributed by atoms with E-state index in [-0.39, 0.29) is 18.3 Å². The zero-order valence-electron chi connectivity index (χ0n) is 21.8. The van der Waals surface area contributed by atoms with Crippen LogP contribution in [0, 0.1) is 11.7 Å². The van der Waals surface area contributed by atoms with E-state index < -0.39 is 6.04 Å². The molecule has 0 fully saturated rings. The Morgan fingerprint density at radius 2 is 1.86 bits per heavy atom. The molecule has 0 spiro atoms. The van der Waals surface area contributed by atoms with Crippen LogP contribution in [0.3, 0.4) is 0 Å². The normalized spacial score (nSPS) is 13.6. The molecule has 0 aliphatic heterocycles. The van der Waals surface area contributed by atoms with Crippen molar-refractivity contribution in [2.75, 3.05) is 19.0 Å². The maximum absolute atomic E-state index is 13.4. The Balaban J connectivity index is 0.00000210. The molecule has 0 saturated carbocycles. The number of rotatable bonds is 9. The summed E-state index contributed by atoms with van der Waals surface area (Å²) in [6.07, 6.45) is 4.30. The third kappa shape index (κ3) is 6.85. The molecule has 35 heavy (non-hydrogen) atoms. The van der Waals surface area contributed by atoms with Crippen molar-refractivity contribution in [1.82, 2.24) is 9.97 Å². The van der Waals surface area contributed by atoms with Crippen molar-refractivity contribution in [3.05, 3.63) is 60.3 Å². The van der Waals surface area contributed by atoms with Crippen LogP contribution in [0.2, 0.25) is 0 Å². The van der Waals surface area contributed by atoms with Crippen molar-refractivity contribution < 1.29 is 14.2 Å². The van der Waals surface area contributed by atoms with Crippen molar-refractivity contribution in [2.24, 2.45) is 10.9 Å². The summed E-state index contributed by atoms with van der Waals surface area (Å²) in [5.74, 6) is 1.02. The van der Waals surface area contributed by atoms with Crippen LogP contribution in [0.25, 0.3) is 22.0 Å². The number of benzene rings is 2. The average Bonchev–Trinajstić information content (AvgIpc) is 2.90. The lowest BCUT2D eigenvalue weighted by Gasteiger charge is -2.24. The number of nitrogens with one attached hydrogen (secondary N) is 1. The highest BCUT2D eigenvalue weighted by atomic mass is 19.1. The summed E-state index contributed by atoms with van der Waals surface area (Å²) in [4.78, 5) is 13.7. The second kappa shape index (κ2) is 13.5. The number of halogens is 1. The van der Waals surface area contributed by atoms with Crippen LogP contribution >= 0.6 is 0 Å². The topological polar surface area (TPSA) is 79.6 Å². The van der Waals surface area contributed by atoms with E-state index in [4.69, 9.17) is 9.73 Å². The second-order valence-corrected chi connectivity index (χ2v) is 7.96. The van der Waals surface area contributed by atoms with Crippen LogP contribution in [-0.2, 0) is 0 Å². The molecule has 3 aromatic rings. The molecule has 7 heteroatoms. The lowest BCUT2D eigenvalue weighted by atomic mass is 9.96. The lowest BCUT2D eigenvalue weighted by molar-refractivity contribution is 0.293. The van der Waals surface area contributed by atoms with Gasteiger partial charge < -0.3 is 15.2 Å². The van der Waals surface area contributed by atoms with E-state index in [2.05, 4.69) is 29.1 Å². The quantitative estimate of drug-likeness (QED) is 0.335. The molecule has 0 amide bonds. The van der Waals surface area contributed by atoms with E-state index in [0.717, 1.165) is 34.3 Å². The van der Waals surface area contributed by atoms with Gasteiger partial charge in [-0.05, 0) is 61.6 Å².